The summed E-state index contributed by atoms with van der Waals surface area (Å²) in [5.41, 5.74) is 3.95. The summed E-state index contributed by atoms with van der Waals surface area (Å²) in [6.45, 7) is 4.13. The summed E-state index contributed by atoms with van der Waals surface area (Å²) < 4.78 is 0. The van der Waals surface area contributed by atoms with Crippen molar-refractivity contribution in [2.45, 2.75) is 32.8 Å². The summed E-state index contributed by atoms with van der Waals surface area (Å²) in [6.07, 6.45) is 3.24. The first kappa shape index (κ1) is 12.8. The van der Waals surface area contributed by atoms with E-state index in [0.717, 1.165) is 29.7 Å². The van der Waals surface area contributed by atoms with Crippen LogP contribution >= 0.6 is 0 Å². The molecule has 0 fully saturated rings. The second kappa shape index (κ2) is 5.78. The van der Waals surface area contributed by atoms with Gasteiger partial charge in [-0.15, -0.1) is 0 Å². The molecule has 0 aliphatic carbocycles. The van der Waals surface area contributed by atoms with Crippen LogP contribution in [0.15, 0.2) is 42.6 Å². The van der Waals surface area contributed by atoms with E-state index in [4.69, 9.17) is 0 Å². The normalized spacial score (nSPS) is 12.4. The van der Waals surface area contributed by atoms with Crippen molar-refractivity contribution in [3.8, 4) is 0 Å². The van der Waals surface area contributed by atoms with Gasteiger partial charge in [0, 0.05) is 6.20 Å². The SMILES string of the molecule is CCCc1cccc(C(O)c2ncccc2C)c1. The molecule has 2 rings (SSSR count). The van der Waals surface area contributed by atoms with Crippen LogP contribution in [0.3, 0.4) is 0 Å². The van der Waals surface area contributed by atoms with Gasteiger partial charge in [-0.2, -0.15) is 0 Å². The van der Waals surface area contributed by atoms with Gasteiger partial charge in [-0.25, -0.2) is 0 Å². The fraction of sp³-hybridized carbons (Fsp3) is 0.312. The van der Waals surface area contributed by atoms with Crippen LogP contribution in [-0.4, -0.2) is 10.1 Å². The van der Waals surface area contributed by atoms with Crippen molar-refractivity contribution < 1.29 is 5.11 Å². The van der Waals surface area contributed by atoms with Crippen molar-refractivity contribution in [1.82, 2.24) is 4.98 Å². The minimum absolute atomic E-state index is 0.636. The summed E-state index contributed by atoms with van der Waals surface area (Å²) in [4.78, 5) is 4.28. The van der Waals surface area contributed by atoms with E-state index in [2.05, 4.69) is 24.0 Å². The van der Waals surface area contributed by atoms with E-state index >= 15 is 0 Å². The highest BCUT2D eigenvalue weighted by molar-refractivity contribution is 5.32. The molecule has 0 spiro atoms. The third kappa shape index (κ3) is 2.77. The molecular formula is C16H19NO. The van der Waals surface area contributed by atoms with Crippen LogP contribution < -0.4 is 0 Å². The largest absolute Gasteiger partial charge is 0.382 e. The molecule has 2 nitrogen and oxygen atoms in total. The third-order valence-corrected chi connectivity index (χ3v) is 3.11. The topological polar surface area (TPSA) is 33.1 Å². The van der Waals surface area contributed by atoms with Gasteiger partial charge in [0.2, 0.25) is 0 Å². The number of aromatic nitrogens is 1. The predicted octanol–water partition coefficient (Wildman–Crippen LogP) is 3.42. The summed E-state index contributed by atoms with van der Waals surface area (Å²) in [5.74, 6) is 0. The lowest BCUT2D eigenvalue weighted by Crippen LogP contribution is -2.05. The van der Waals surface area contributed by atoms with Gasteiger partial charge in [0.25, 0.3) is 0 Å². The van der Waals surface area contributed by atoms with Gasteiger partial charge in [-0.05, 0) is 36.1 Å². The Labute approximate surface area is 108 Å². The average molecular weight is 241 g/mol. The van der Waals surface area contributed by atoms with Crippen molar-refractivity contribution in [2.75, 3.05) is 0 Å². The Kier molecular flexibility index (Phi) is 4.11. The van der Waals surface area contributed by atoms with E-state index in [1.807, 2.05) is 31.2 Å². The van der Waals surface area contributed by atoms with Gasteiger partial charge in [0.05, 0.1) is 5.69 Å². The molecule has 1 aromatic heterocycles. The van der Waals surface area contributed by atoms with Gasteiger partial charge in [0.15, 0.2) is 0 Å². The molecule has 0 amide bonds. The maximum Gasteiger partial charge on any atom is 0.121 e. The Hall–Kier alpha value is -1.67. The van der Waals surface area contributed by atoms with Crippen LogP contribution in [-0.2, 0) is 6.42 Å². The lowest BCUT2D eigenvalue weighted by molar-refractivity contribution is 0.214. The number of nitrogens with zero attached hydrogens (tertiary/aromatic N) is 1. The molecule has 0 radical (unpaired) electrons. The molecule has 1 N–H and O–H groups in total. The Morgan fingerprint density at radius 2 is 2.06 bits per heavy atom. The van der Waals surface area contributed by atoms with Gasteiger partial charge < -0.3 is 5.11 Å². The lowest BCUT2D eigenvalue weighted by atomic mass is 9.99. The maximum atomic E-state index is 10.4. The van der Waals surface area contributed by atoms with Gasteiger partial charge in [-0.1, -0.05) is 43.7 Å². The molecule has 0 bridgehead atoms. The average Bonchev–Trinajstić information content (AvgIpc) is 2.39. The number of benzene rings is 1. The van der Waals surface area contributed by atoms with Crippen molar-refractivity contribution in [1.29, 1.82) is 0 Å². The Bertz CT molecular complexity index is 522. The zero-order chi connectivity index (χ0) is 13.0. The number of hydrogen-bond acceptors (Lipinski definition) is 2. The summed E-state index contributed by atoms with van der Waals surface area (Å²) >= 11 is 0. The highest BCUT2D eigenvalue weighted by Crippen LogP contribution is 2.23. The molecule has 1 aromatic carbocycles. The first-order valence-corrected chi connectivity index (χ1v) is 6.40. The molecule has 94 valence electrons. The van der Waals surface area contributed by atoms with Gasteiger partial charge in [-0.3, -0.25) is 4.98 Å². The molecule has 2 aromatic rings. The molecule has 0 saturated heterocycles. The Morgan fingerprint density at radius 1 is 1.22 bits per heavy atom. The molecule has 0 saturated carbocycles. The van der Waals surface area contributed by atoms with Crippen molar-refractivity contribution in [3.63, 3.8) is 0 Å². The molecule has 1 heterocycles. The van der Waals surface area contributed by atoms with Crippen LogP contribution in [0.5, 0.6) is 0 Å². The number of aliphatic hydroxyl groups excluding tert-OH is 1. The number of pyridine rings is 1. The second-order valence-electron chi connectivity index (χ2n) is 4.60. The monoisotopic (exact) mass is 241 g/mol. The van der Waals surface area contributed by atoms with E-state index < -0.39 is 6.10 Å². The van der Waals surface area contributed by atoms with E-state index in [-0.39, 0.29) is 0 Å². The zero-order valence-corrected chi connectivity index (χ0v) is 10.9. The molecular weight excluding hydrogens is 222 g/mol. The Morgan fingerprint density at radius 3 is 2.78 bits per heavy atom. The molecule has 1 atom stereocenters. The van der Waals surface area contributed by atoms with Crippen LogP contribution in [0.25, 0.3) is 0 Å². The smallest absolute Gasteiger partial charge is 0.121 e. The molecule has 0 aliphatic rings. The third-order valence-electron chi connectivity index (χ3n) is 3.11. The summed E-state index contributed by atoms with van der Waals surface area (Å²) in [6, 6.07) is 12.0. The fourth-order valence-corrected chi connectivity index (χ4v) is 2.15. The molecule has 1 unspecified atom stereocenters. The second-order valence-corrected chi connectivity index (χ2v) is 4.60. The molecule has 0 aliphatic heterocycles. The van der Waals surface area contributed by atoms with E-state index in [1.54, 1.807) is 6.20 Å². The first-order valence-electron chi connectivity index (χ1n) is 6.40. The molecule has 18 heavy (non-hydrogen) atoms. The Balaban J connectivity index is 2.31. The van der Waals surface area contributed by atoms with E-state index in [1.165, 1.54) is 5.56 Å². The van der Waals surface area contributed by atoms with Crippen molar-refractivity contribution in [2.24, 2.45) is 0 Å². The maximum absolute atomic E-state index is 10.4. The number of hydrogen-bond donors (Lipinski definition) is 1. The van der Waals surface area contributed by atoms with Crippen LogP contribution in [0, 0.1) is 6.92 Å². The van der Waals surface area contributed by atoms with Crippen LogP contribution in [0.2, 0.25) is 0 Å². The van der Waals surface area contributed by atoms with Crippen LogP contribution in [0.4, 0.5) is 0 Å². The zero-order valence-electron chi connectivity index (χ0n) is 10.9. The van der Waals surface area contributed by atoms with Crippen molar-refractivity contribution >= 4 is 0 Å². The first-order chi connectivity index (χ1) is 8.72. The fourth-order valence-electron chi connectivity index (χ4n) is 2.15. The highest BCUT2D eigenvalue weighted by atomic mass is 16.3. The number of aryl methyl sites for hydroxylation is 2. The summed E-state index contributed by atoms with van der Waals surface area (Å²) in [5, 5.41) is 10.4. The lowest BCUT2D eigenvalue weighted by Gasteiger charge is -2.13. The van der Waals surface area contributed by atoms with Crippen molar-refractivity contribution in [3.05, 3.63) is 65.0 Å². The predicted molar refractivity (Wildman–Crippen MR) is 73.5 cm³/mol. The quantitative estimate of drug-likeness (QED) is 0.889. The van der Waals surface area contributed by atoms with E-state index in [9.17, 15) is 5.11 Å². The van der Waals surface area contributed by atoms with Gasteiger partial charge in [0.1, 0.15) is 6.10 Å². The minimum atomic E-state index is -0.636. The highest BCUT2D eigenvalue weighted by Gasteiger charge is 2.14. The van der Waals surface area contributed by atoms with Gasteiger partial charge >= 0.3 is 0 Å². The standard InChI is InChI=1S/C16H19NO/c1-3-6-13-8-4-9-14(11-13)16(18)15-12(2)7-5-10-17-15/h4-5,7-11,16,18H,3,6H2,1-2H3. The minimum Gasteiger partial charge on any atom is -0.382 e. The van der Waals surface area contributed by atoms with Crippen LogP contribution in [0.1, 0.15) is 41.8 Å². The van der Waals surface area contributed by atoms with E-state index in [0.29, 0.717) is 0 Å². The molecule has 2 heteroatoms. The number of aliphatic hydroxyl groups is 1. The number of rotatable bonds is 4. The summed E-state index contributed by atoms with van der Waals surface area (Å²) in [7, 11) is 0.